The lowest BCUT2D eigenvalue weighted by molar-refractivity contribution is 0.896. The van der Waals surface area contributed by atoms with Crippen LogP contribution in [0.1, 0.15) is 19.8 Å². The molecule has 1 rings (SSSR count). The predicted octanol–water partition coefficient (Wildman–Crippen LogP) is 2.56. The molecule has 0 aliphatic carbocycles. The van der Waals surface area contributed by atoms with Crippen molar-refractivity contribution >= 4 is 17.4 Å². The summed E-state index contributed by atoms with van der Waals surface area (Å²) >= 11 is 1.81. The van der Waals surface area contributed by atoms with E-state index in [1.54, 1.807) is 24.2 Å². The molecule has 3 heteroatoms. The van der Waals surface area contributed by atoms with Gasteiger partial charge in [0.25, 0.3) is 0 Å². The maximum absolute atomic E-state index is 5.72. The van der Waals surface area contributed by atoms with Gasteiger partial charge in [0.1, 0.15) is 0 Å². The van der Waals surface area contributed by atoms with Crippen LogP contribution in [0.4, 0.5) is 5.69 Å². The average molecular weight is 182 g/mol. The van der Waals surface area contributed by atoms with E-state index in [0.29, 0.717) is 0 Å². The highest BCUT2D eigenvalue weighted by Gasteiger charge is 1.97. The number of rotatable bonds is 4. The van der Waals surface area contributed by atoms with Crippen LogP contribution in [0.15, 0.2) is 23.4 Å². The van der Waals surface area contributed by atoms with Gasteiger partial charge in [-0.05, 0) is 18.2 Å². The van der Waals surface area contributed by atoms with E-state index in [2.05, 4.69) is 11.9 Å². The minimum absolute atomic E-state index is 0.790. The van der Waals surface area contributed by atoms with Gasteiger partial charge < -0.3 is 5.73 Å². The molecule has 0 saturated heterocycles. The number of aromatic nitrogens is 1. The van der Waals surface area contributed by atoms with Crippen molar-refractivity contribution in [3.8, 4) is 0 Å². The Balaban J connectivity index is 2.46. The second kappa shape index (κ2) is 5.04. The van der Waals surface area contributed by atoms with E-state index in [0.717, 1.165) is 16.3 Å². The van der Waals surface area contributed by atoms with Crippen LogP contribution in [0.2, 0.25) is 0 Å². The Morgan fingerprint density at radius 3 is 3.08 bits per heavy atom. The fraction of sp³-hybridized carbons (Fsp3) is 0.444. The Morgan fingerprint density at radius 1 is 1.58 bits per heavy atom. The molecule has 1 heterocycles. The number of pyridine rings is 1. The number of nitrogens with zero attached hydrogens (tertiary/aromatic N) is 1. The first-order valence-corrected chi connectivity index (χ1v) is 5.15. The molecule has 0 atom stereocenters. The molecule has 12 heavy (non-hydrogen) atoms. The monoisotopic (exact) mass is 182 g/mol. The van der Waals surface area contributed by atoms with Gasteiger partial charge in [0.05, 0.1) is 11.9 Å². The van der Waals surface area contributed by atoms with E-state index in [1.807, 2.05) is 6.07 Å². The minimum Gasteiger partial charge on any atom is -0.397 e. The summed E-state index contributed by atoms with van der Waals surface area (Å²) in [7, 11) is 0. The van der Waals surface area contributed by atoms with Gasteiger partial charge in [0.15, 0.2) is 0 Å². The van der Waals surface area contributed by atoms with Crippen LogP contribution < -0.4 is 5.73 Å². The third-order valence-electron chi connectivity index (χ3n) is 1.57. The molecule has 0 bridgehead atoms. The molecular weight excluding hydrogens is 168 g/mol. The summed E-state index contributed by atoms with van der Waals surface area (Å²) in [6.45, 7) is 2.19. The van der Waals surface area contributed by atoms with Gasteiger partial charge in [-0.15, -0.1) is 11.8 Å². The second-order valence-electron chi connectivity index (χ2n) is 2.62. The van der Waals surface area contributed by atoms with Crippen molar-refractivity contribution in [2.45, 2.75) is 24.7 Å². The summed E-state index contributed by atoms with van der Waals surface area (Å²) in [6.07, 6.45) is 5.96. The lowest BCUT2D eigenvalue weighted by Gasteiger charge is -2.02. The molecule has 1 aromatic rings. The highest BCUT2D eigenvalue weighted by molar-refractivity contribution is 7.99. The van der Waals surface area contributed by atoms with Crippen molar-refractivity contribution < 1.29 is 0 Å². The minimum atomic E-state index is 0.790. The Labute approximate surface area is 77.6 Å². The summed E-state index contributed by atoms with van der Waals surface area (Å²) in [5.41, 5.74) is 6.51. The van der Waals surface area contributed by atoms with Crippen LogP contribution in [-0.4, -0.2) is 10.7 Å². The van der Waals surface area contributed by atoms with Gasteiger partial charge in [-0.25, -0.2) is 0 Å². The SMILES string of the molecule is CCCCSc1ccncc1N. The quantitative estimate of drug-likeness (QED) is 0.574. The van der Waals surface area contributed by atoms with Crippen molar-refractivity contribution in [3.63, 3.8) is 0 Å². The van der Waals surface area contributed by atoms with Crippen molar-refractivity contribution in [1.29, 1.82) is 0 Å². The van der Waals surface area contributed by atoms with Gasteiger partial charge in [-0.3, -0.25) is 4.98 Å². The largest absolute Gasteiger partial charge is 0.397 e. The highest BCUT2D eigenvalue weighted by atomic mass is 32.2. The van der Waals surface area contributed by atoms with E-state index >= 15 is 0 Å². The Kier molecular flexibility index (Phi) is 3.94. The van der Waals surface area contributed by atoms with Gasteiger partial charge in [0, 0.05) is 11.1 Å². The van der Waals surface area contributed by atoms with Crippen LogP contribution in [0.25, 0.3) is 0 Å². The van der Waals surface area contributed by atoms with Crippen LogP contribution in [0.5, 0.6) is 0 Å². The Bertz CT molecular complexity index is 238. The first-order valence-electron chi connectivity index (χ1n) is 4.17. The molecule has 0 radical (unpaired) electrons. The van der Waals surface area contributed by atoms with Crippen LogP contribution in [0, 0.1) is 0 Å². The summed E-state index contributed by atoms with van der Waals surface area (Å²) in [5, 5.41) is 0. The average Bonchev–Trinajstić information content (AvgIpc) is 2.09. The molecule has 0 amide bonds. The molecule has 1 aromatic heterocycles. The number of thioether (sulfide) groups is 1. The van der Waals surface area contributed by atoms with Gasteiger partial charge in [0.2, 0.25) is 0 Å². The molecule has 0 aliphatic rings. The van der Waals surface area contributed by atoms with Crippen LogP contribution >= 0.6 is 11.8 Å². The molecule has 0 spiro atoms. The lowest BCUT2D eigenvalue weighted by Crippen LogP contribution is -1.89. The normalized spacial score (nSPS) is 10.1. The standard InChI is InChI=1S/C9H14N2S/c1-2-3-6-12-9-4-5-11-7-8(9)10/h4-5,7H,2-3,6,10H2,1H3. The number of hydrogen-bond acceptors (Lipinski definition) is 3. The molecule has 2 nitrogen and oxygen atoms in total. The maximum Gasteiger partial charge on any atom is 0.0638 e. The molecule has 0 fully saturated rings. The number of anilines is 1. The molecular formula is C9H14N2S. The first-order chi connectivity index (χ1) is 5.84. The zero-order valence-corrected chi connectivity index (χ0v) is 8.10. The molecule has 2 N–H and O–H groups in total. The molecule has 0 aromatic carbocycles. The summed E-state index contributed by atoms with van der Waals surface area (Å²) in [6, 6.07) is 1.97. The number of nitrogen functional groups attached to an aromatic ring is 1. The highest BCUT2D eigenvalue weighted by Crippen LogP contribution is 2.23. The second-order valence-corrected chi connectivity index (χ2v) is 3.75. The number of unbranched alkanes of at least 4 members (excludes halogenated alkanes) is 1. The van der Waals surface area contributed by atoms with Crippen molar-refractivity contribution in [3.05, 3.63) is 18.5 Å². The van der Waals surface area contributed by atoms with E-state index in [9.17, 15) is 0 Å². The third-order valence-corrected chi connectivity index (χ3v) is 2.74. The van der Waals surface area contributed by atoms with Crippen LogP contribution in [0.3, 0.4) is 0 Å². The van der Waals surface area contributed by atoms with E-state index in [1.165, 1.54) is 12.8 Å². The molecule has 0 unspecified atom stereocenters. The summed E-state index contributed by atoms with van der Waals surface area (Å²) in [5.74, 6) is 1.14. The Hall–Kier alpha value is -0.700. The van der Waals surface area contributed by atoms with Crippen LogP contribution in [-0.2, 0) is 0 Å². The summed E-state index contributed by atoms with van der Waals surface area (Å²) < 4.78 is 0. The van der Waals surface area contributed by atoms with E-state index < -0.39 is 0 Å². The number of hydrogen-bond donors (Lipinski definition) is 1. The van der Waals surface area contributed by atoms with Gasteiger partial charge in [-0.1, -0.05) is 13.3 Å². The summed E-state index contributed by atoms with van der Waals surface area (Å²) in [4.78, 5) is 5.09. The lowest BCUT2D eigenvalue weighted by atomic mass is 10.4. The molecule has 0 aliphatic heterocycles. The Morgan fingerprint density at radius 2 is 2.42 bits per heavy atom. The smallest absolute Gasteiger partial charge is 0.0638 e. The van der Waals surface area contributed by atoms with E-state index in [4.69, 9.17) is 5.73 Å². The first kappa shape index (κ1) is 9.39. The fourth-order valence-electron chi connectivity index (χ4n) is 0.852. The van der Waals surface area contributed by atoms with Gasteiger partial charge in [-0.2, -0.15) is 0 Å². The van der Waals surface area contributed by atoms with Crippen molar-refractivity contribution in [2.24, 2.45) is 0 Å². The maximum atomic E-state index is 5.72. The van der Waals surface area contributed by atoms with E-state index in [-0.39, 0.29) is 0 Å². The topological polar surface area (TPSA) is 38.9 Å². The molecule has 66 valence electrons. The third kappa shape index (κ3) is 2.74. The van der Waals surface area contributed by atoms with Gasteiger partial charge >= 0.3 is 0 Å². The number of nitrogens with two attached hydrogens (primary N) is 1. The fourth-order valence-corrected chi connectivity index (χ4v) is 1.88. The van der Waals surface area contributed by atoms with Crippen molar-refractivity contribution in [1.82, 2.24) is 4.98 Å². The zero-order valence-electron chi connectivity index (χ0n) is 7.29. The van der Waals surface area contributed by atoms with Crippen molar-refractivity contribution in [2.75, 3.05) is 11.5 Å². The molecule has 0 saturated carbocycles. The zero-order chi connectivity index (χ0) is 8.81. The predicted molar refractivity (Wildman–Crippen MR) is 54.3 cm³/mol.